The number of nitrogens with zero attached hydrogens (tertiary/aromatic N) is 3. The Hall–Kier alpha value is -0.913. The Balaban J connectivity index is 1.75. The van der Waals surface area contributed by atoms with Crippen molar-refractivity contribution in [3.05, 3.63) is 14.8 Å². The Morgan fingerprint density at radius 2 is 2.07 bits per heavy atom. The molecule has 154 valence electrons. The molecule has 1 aliphatic rings. The second-order valence-electron chi connectivity index (χ2n) is 8.21. The fourth-order valence-electron chi connectivity index (χ4n) is 2.90. The highest BCUT2D eigenvalue weighted by atomic mass is 127. The van der Waals surface area contributed by atoms with Crippen molar-refractivity contribution in [2.45, 2.75) is 51.4 Å². The molecule has 0 amide bonds. The number of pyridine rings is 1. The Labute approximate surface area is 184 Å². The zero-order valence-electron chi connectivity index (χ0n) is 16.5. The molecule has 1 saturated carbocycles. The van der Waals surface area contributed by atoms with Crippen LogP contribution in [0.25, 0.3) is 11.2 Å². The van der Waals surface area contributed by atoms with E-state index in [0.717, 1.165) is 11.6 Å². The first-order valence-corrected chi connectivity index (χ1v) is 14.4. The molecule has 0 atom stereocenters. The van der Waals surface area contributed by atoms with Gasteiger partial charge in [0.05, 0.1) is 23.6 Å². The highest BCUT2D eigenvalue weighted by Gasteiger charge is 2.37. The quantitative estimate of drug-likeness (QED) is 0.164. The molecule has 0 spiro atoms. The summed E-state index contributed by atoms with van der Waals surface area (Å²) in [6.45, 7) is 7.96. The lowest BCUT2D eigenvalue weighted by atomic mass is 9.82. The monoisotopic (exact) mass is 537 g/mol. The molecule has 2 heterocycles. The fourth-order valence-corrected chi connectivity index (χ4v) is 4.19. The smallest absolute Gasteiger partial charge is 0.308 e. The van der Waals surface area contributed by atoms with Crippen molar-refractivity contribution < 1.29 is 19.0 Å². The average molecular weight is 538 g/mol. The maximum Gasteiger partial charge on any atom is 0.308 e. The summed E-state index contributed by atoms with van der Waals surface area (Å²) in [5.74, 6) is -0.291. The second kappa shape index (κ2) is 8.84. The van der Waals surface area contributed by atoms with Crippen molar-refractivity contribution in [3.63, 3.8) is 0 Å². The van der Waals surface area contributed by atoms with Crippen LogP contribution in [0.4, 0.5) is 0 Å². The summed E-state index contributed by atoms with van der Waals surface area (Å²) >= 11 is 8.35. The summed E-state index contributed by atoms with van der Waals surface area (Å²) in [5.41, 5.74) is 1.35. The van der Waals surface area contributed by atoms with Gasteiger partial charge in [0.15, 0.2) is 5.65 Å². The number of imidazole rings is 1. The molecular formula is C18H25ClIN3O4Si. The van der Waals surface area contributed by atoms with E-state index in [4.69, 9.17) is 25.8 Å². The largest absolute Gasteiger partial charge is 0.469 e. The van der Waals surface area contributed by atoms with E-state index in [2.05, 4.69) is 52.2 Å². The van der Waals surface area contributed by atoms with Gasteiger partial charge in [0.2, 0.25) is 0 Å². The summed E-state index contributed by atoms with van der Waals surface area (Å²) in [6, 6.07) is 3.36. The van der Waals surface area contributed by atoms with Crippen molar-refractivity contribution in [2.24, 2.45) is 5.92 Å². The molecule has 3 rings (SSSR count). The standard InChI is InChI=1S/C18H25ClIN3O4Si/c1-25-17(24)11-7-12(8-11)27-18-22-16-14(9-13(19)15(20)21-16)23(18)10-26-5-6-28(2,3)4/h9,11-12H,5-8,10H2,1-4H3. The van der Waals surface area contributed by atoms with Crippen LogP contribution in [0.5, 0.6) is 6.01 Å². The average Bonchev–Trinajstić information content (AvgIpc) is 2.90. The van der Waals surface area contributed by atoms with Gasteiger partial charge < -0.3 is 14.2 Å². The third kappa shape index (κ3) is 5.16. The van der Waals surface area contributed by atoms with Gasteiger partial charge in [-0.15, -0.1) is 0 Å². The van der Waals surface area contributed by atoms with Gasteiger partial charge >= 0.3 is 12.0 Å². The molecule has 0 unspecified atom stereocenters. The van der Waals surface area contributed by atoms with Gasteiger partial charge in [-0.3, -0.25) is 9.36 Å². The minimum absolute atomic E-state index is 0.0730. The van der Waals surface area contributed by atoms with Crippen molar-refractivity contribution in [1.82, 2.24) is 14.5 Å². The first-order chi connectivity index (χ1) is 13.2. The molecule has 0 bridgehead atoms. The molecule has 2 aromatic heterocycles. The molecule has 1 fully saturated rings. The summed E-state index contributed by atoms with van der Waals surface area (Å²) in [7, 11) is 0.240. The number of fused-ring (bicyclic) bond motifs is 1. The van der Waals surface area contributed by atoms with Gasteiger partial charge in [0.25, 0.3) is 0 Å². The molecule has 0 N–H and O–H groups in total. The highest BCUT2D eigenvalue weighted by Crippen LogP contribution is 2.33. The van der Waals surface area contributed by atoms with Gasteiger partial charge in [0, 0.05) is 14.7 Å². The first-order valence-electron chi connectivity index (χ1n) is 9.22. The maximum atomic E-state index is 11.6. The summed E-state index contributed by atoms with van der Waals surface area (Å²) in [5, 5.41) is 0.567. The fraction of sp³-hybridized carbons (Fsp3) is 0.611. The van der Waals surface area contributed by atoms with E-state index < -0.39 is 8.07 Å². The number of esters is 1. The molecule has 0 aliphatic heterocycles. The predicted octanol–water partition coefficient (Wildman–Crippen LogP) is 4.33. The number of halogens is 2. The number of hydrogen-bond donors (Lipinski definition) is 0. The van der Waals surface area contributed by atoms with Crippen molar-refractivity contribution in [3.8, 4) is 6.01 Å². The molecular weight excluding hydrogens is 513 g/mol. The van der Waals surface area contributed by atoms with Crippen LogP contribution in [0.2, 0.25) is 30.7 Å². The van der Waals surface area contributed by atoms with Gasteiger partial charge in [0.1, 0.15) is 16.5 Å². The molecule has 1 aliphatic carbocycles. The summed E-state index contributed by atoms with van der Waals surface area (Å²) in [4.78, 5) is 20.6. The van der Waals surface area contributed by atoms with Crippen molar-refractivity contribution in [2.75, 3.05) is 13.7 Å². The van der Waals surface area contributed by atoms with Gasteiger partial charge in [-0.1, -0.05) is 31.2 Å². The third-order valence-corrected chi connectivity index (χ3v) is 7.87. The number of aromatic nitrogens is 3. The molecule has 28 heavy (non-hydrogen) atoms. The van der Waals surface area contributed by atoms with E-state index in [-0.39, 0.29) is 18.0 Å². The van der Waals surface area contributed by atoms with Crippen LogP contribution < -0.4 is 4.74 Å². The number of rotatable bonds is 8. The van der Waals surface area contributed by atoms with E-state index in [0.29, 0.717) is 46.6 Å². The van der Waals surface area contributed by atoms with E-state index in [1.807, 2.05) is 10.6 Å². The van der Waals surface area contributed by atoms with Crippen LogP contribution >= 0.6 is 34.2 Å². The second-order valence-corrected chi connectivity index (χ2v) is 15.3. The molecule has 0 aromatic carbocycles. The molecule has 0 saturated heterocycles. The van der Waals surface area contributed by atoms with E-state index in [1.54, 1.807) is 0 Å². The van der Waals surface area contributed by atoms with Gasteiger partial charge in [-0.2, -0.15) is 4.98 Å². The van der Waals surface area contributed by atoms with E-state index in [1.165, 1.54) is 7.11 Å². The zero-order valence-corrected chi connectivity index (χ0v) is 20.4. The number of ether oxygens (including phenoxy) is 3. The summed E-state index contributed by atoms with van der Waals surface area (Å²) < 4.78 is 19.3. The minimum atomic E-state index is -1.17. The number of carbonyl (C=O) groups is 1. The highest BCUT2D eigenvalue weighted by molar-refractivity contribution is 14.1. The number of methoxy groups -OCH3 is 1. The van der Waals surface area contributed by atoms with Gasteiger partial charge in [-0.25, -0.2) is 4.98 Å². The maximum absolute atomic E-state index is 11.6. The first kappa shape index (κ1) is 21.8. The lowest BCUT2D eigenvalue weighted by Gasteiger charge is -2.32. The van der Waals surface area contributed by atoms with E-state index in [9.17, 15) is 4.79 Å². The van der Waals surface area contributed by atoms with Crippen molar-refractivity contribution >= 4 is 59.4 Å². The van der Waals surface area contributed by atoms with Crippen molar-refractivity contribution in [1.29, 1.82) is 0 Å². The Kier molecular flexibility index (Phi) is 6.88. The van der Waals surface area contributed by atoms with Crippen LogP contribution in [0.1, 0.15) is 12.8 Å². The lowest BCUT2D eigenvalue weighted by molar-refractivity contribution is -0.151. The van der Waals surface area contributed by atoms with Crippen LogP contribution in [-0.4, -0.2) is 48.4 Å². The zero-order chi connectivity index (χ0) is 20.5. The number of carbonyl (C=O) groups excluding carboxylic acids is 1. The molecule has 2 aromatic rings. The van der Waals surface area contributed by atoms with Crippen LogP contribution in [-0.2, 0) is 21.0 Å². The predicted molar refractivity (Wildman–Crippen MR) is 119 cm³/mol. The topological polar surface area (TPSA) is 75.5 Å². The number of hydrogen-bond acceptors (Lipinski definition) is 6. The molecule has 0 radical (unpaired) electrons. The lowest BCUT2D eigenvalue weighted by Crippen LogP contribution is -2.39. The SMILES string of the molecule is COC(=O)C1CC(Oc2nc3nc(I)c(Cl)cc3n2COCC[Si](C)(C)C)C1. The van der Waals surface area contributed by atoms with Gasteiger partial charge in [-0.05, 0) is 47.5 Å². The molecule has 10 heteroatoms. The Morgan fingerprint density at radius 1 is 1.36 bits per heavy atom. The minimum Gasteiger partial charge on any atom is -0.469 e. The van der Waals surface area contributed by atoms with Crippen LogP contribution in [0.3, 0.4) is 0 Å². The normalized spacial score (nSPS) is 19.5. The molecule has 7 nitrogen and oxygen atoms in total. The third-order valence-electron chi connectivity index (χ3n) is 4.74. The van der Waals surface area contributed by atoms with E-state index >= 15 is 0 Å². The van der Waals surface area contributed by atoms with Crippen LogP contribution in [0.15, 0.2) is 6.07 Å². The Bertz CT molecular complexity index is 865. The summed E-state index contributed by atoms with van der Waals surface area (Å²) in [6.07, 6.45) is 1.17. The van der Waals surface area contributed by atoms with Crippen LogP contribution in [0, 0.1) is 9.62 Å². The Morgan fingerprint density at radius 3 is 2.71 bits per heavy atom.